The van der Waals surface area contributed by atoms with Crippen molar-refractivity contribution in [2.24, 2.45) is 0 Å². The molecule has 1 aliphatic heterocycles. The van der Waals surface area contributed by atoms with E-state index in [1.807, 2.05) is 0 Å². The molecule has 1 heterocycles. The van der Waals surface area contributed by atoms with Crippen molar-refractivity contribution in [2.45, 2.75) is 32.2 Å². The molecule has 1 aromatic rings. The molecule has 1 aliphatic rings. The summed E-state index contributed by atoms with van der Waals surface area (Å²) in [5.41, 5.74) is 0.564. The quantitative estimate of drug-likeness (QED) is 0.816. The van der Waals surface area contributed by atoms with E-state index in [0.717, 1.165) is 45.4 Å². The van der Waals surface area contributed by atoms with Crippen LogP contribution in [0.4, 0.5) is 4.39 Å². The number of benzene rings is 1. The number of hydrogen-bond donors (Lipinski definition) is 1. The first-order valence-corrected chi connectivity index (χ1v) is 7.99. The molecule has 1 fully saturated rings. The Bertz CT molecular complexity index is 448. The molecule has 0 saturated carbocycles. The smallest absolute Gasteiger partial charge is 0.129 e. The van der Waals surface area contributed by atoms with Gasteiger partial charge in [-0.25, -0.2) is 4.39 Å². The lowest BCUT2D eigenvalue weighted by Crippen LogP contribution is -2.45. The third-order valence-electron chi connectivity index (χ3n) is 3.84. The molecule has 112 valence electrons. The molecule has 0 aromatic heterocycles. The van der Waals surface area contributed by atoms with Gasteiger partial charge in [-0.15, -0.1) is 0 Å². The van der Waals surface area contributed by atoms with Gasteiger partial charge in [-0.1, -0.05) is 43.0 Å². The van der Waals surface area contributed by atoms with Crippen molar-refractivity contribution in [3.8, 4) is 0 Å². The molecular formula is C15H21Cl2FN2. The van der Waals surface area contributed by atoms with Gasteiger partial charge in [0.05, 0.1) is 10.0 Å². The Morgan fingerprint density at radius 2 is 2.00 bits per heavy atom. The highest BCUT2D eigenvalue weighted by atomic mass is 35.5. The van der Waals surface area contributed by atoms with Crippen molar-refractivity contribution in [1.29, 1.82) is 0 Å². The van der Waals surface area contributed by atoms with Crippen LogP contribution in [0.1, 0.15) is 37.8 Å². The average molecular weight is 319 g/mol. The van der Waals surface area contributed by atoms with Crippen molar-refractivity contribution < 1.29 is 4.39 Å². The van der Waals surface area contributed by atoms with E-state index in [1.165, 1.54) is 12.1 Å². The number of rotatable bonds is 5. The normalized spacial score (nSPS) is 18.2. The minimum absolute atomic E-state index is 0.0169. The zero-order chi connectivity index (χ0) is 14.5. The summed E-state index contributed by atoms with van der Waals surface area (Å²) in [7, 11) is 0. The van der Waals surface area contributed by atoms with Gasteiger partial charge < -0.3 is 5.32 Å². The summed E-state index contributed by atoms with van der Waals surface area (Å²) in [6.45, 7) is 5.84. The van der Waals surface area contributed by atoms with Crippen LogP contribution in [-0.4, -0.2) is 31.1 Å². The molecule has 1 aromatic carbocycles. The summed E-state index contributed by atoms with van der Waals surface area (Å²) < 4.78 is 14.3. The van der Waals surface area contributed by atoms with Crippen molar-refractivity contribution in [2.75, 3.05) is 26.2 Å². The molecule has 1 N–H and O–H groups in total. The zero-order valence-electron chi connectivity index (χ0n) is 11.8. The number of unbranched alkanes of at least 4 members (excludes halogenated alkanes) is 1. The molecule has 20 heavy (non-hydrogen) atoms. The lowest BCUT2D eigenvalue weighted by atomic mass is 9.98. The maximum Gasteiger partial charge on any atom is 0.129 e. The molecule has 0 unspecified atom stereocenters. The van der Waals surface area contributed by atoms with Gasteiger partial charge >= 0.3 is 0 Å². The highest BCUT2D eigenvalue weighted by Gasteiger charge is 2.27. The van der Waals surface area contributed by atoms with Crippen LogP contribution in [0.3, 0.4) is 0 Å². The summed E-state index contributed by atoms with van der Waals surface area (Å²) in [6.07, 6.45) is 3.05. The highest BCUT2D eigenvalue weighted by Crippen LogP contribution is 2.37. The van der Waals surface area contributed by atoms with Crippen LogP contribution in [0, 0.1) is 5.82 Å². The van der Waals surface area contributed by atoms with Crippen LogP contribution < -0.4 is 5.32 Å². The van der Waals surface area contributed by atoms with Gasteiger partial charge in [0, 0.05) is 37.8 Å². The molecule has 0 radical (unpaired) electrons. The number of hydrogen-bond acceptors (Lipinski definition) is 2. The molecule has 5 heteroatoms. The molecule has 0 amide bonds. The van der Waals surface area contributed by atoms with E-state index in [9.17, 15) is 4.39 Å². The Kier molecular flexibility index (Phi) is 6.09. The van der Waals surface area contributed by atoms with Crippen molar-refractivity contribution in [1.82, 2.24) is 10.2 Å². The van der Waals surface area contributed by atoms with Gasteiger partial charge in [0.2, 0.25) is 0 Å². The Morgan fingerprint density at radius 3 is 2.65 bits per heavy atom. The minimum Gasteiger partial charge on any atom is -0.314 e. The van der Waals surface area contributed by atoms with E-state index in [-0.39, 0.29) is 11.9 Å². The van der Waals surface area contributed by atoms with Crippen molar-refractivity contribution >= 4 is 23.2 Å². The molecule has 1 atom stereocenters. The van der Waals surface area contributed by atoms with Crippen LogP contribution in [0.2, 0.25) is 10.0 Å². The monoisotopic (exact) mass is 318 g/mol. The first kappa shape index (κ1) is 16.0. The van der Waals surface area contributed by atoms with Crippen LogP contribution >= 0.6 is 23.2 Å². The van der Waals surface area contributed by atoms with Crippen LogP contribution in [0.15, 0.2) is 12.1 Å². The second kappa shape index (κ2) is 7.60. The van der Waals surface area contributed by atoms with Gasteiger partial charge in [0.15, 0.2) is 0 Å². The van der Waals surface area contributed by atoms with Crippen LogP contribution in [-0.2, 0) is 0 Å². The van der Waals surface area contributed by atoms with Gasteiger partial charge in [0.1, 0.15) is 5.82 Å². The Hall–Kier alpha value is -0.350. The van der Waals surface area contributed by atoms with Crippen molar-refractivity contribution in [3.63, 3.8) is 0 Å². The molecule has 0 spiro atoms. The average Bonchev–Trinajstić information content (AvgIpc) is 2.47. The van der Waals surface area contributed by atoms with E-state index in [2.05, 4.69) is 17.1 Å². The fraction of sp³-hybridized carbons (Fsp3) is 0.600. The second-order valence-electron chi connectivity index (χ2n) is 5.20. The Balaban J connectivity index is 2.32. The first-order valence-electron chi connectivity index (χ1n) is 7.23. The zero-order valence-corrected chi connectivity index (χ0v) is 13.3. The molecule has 2 rings (SSSR count). The maximum atomic E-state index is 14.3. The van der Waals surface area contributed by atoms with Gasteiger partial charge in [-0.05, 0) is 18.6 Å². The van der Waals surface area contributed by atoms with Gasteiger partial charge in [0.25, 0.3) is 0 Å². The summed E-state index contributed by atoms with van der Waals surface area (Å²) in [4.78, 5) is 2.31. The summed E-state index contributed by atoms with van der Waals surface area (Å²) >= 11 is 12.4. The lowest BCUT2D eigenvalue weighted by Gasteiger charge is -2.36. The van der Waals surface area contributed by atoms with Crippen LogP contribution in [0.5, 0.6) is 0 Å². The summed E-state index contributed by atoms with van der Waals surface area (Å²) in [6, 6.07) is 2.96. The van der Waals surface area contributed by atoms with Gasteiger partial charge in [-0.3, -0.25) is 4.90 Å². The van der Waals surface area contributed by atoms with E-state index in [0.29, 0.717) is 15.6 Å². The SMILES string of the molecule is CCCC[C@H](c1c(F)ccc(Cl)c1Cl)N1CCNCC1. The number of piperazine rings is 1. The van der Waals surface area contributed by atoms with Crippen molar-refractivity contribution in [3.05, 3.63) is 33.6 Å². The fourth-order valence-electron chi connectivity index (χ4n) is 2.75. The Labute approximate surface area is 130 Å². The van der Waals surface area contributed by atoms with E-state index < -0.39 is 0 Å². The number of nitrogens with one attached hydrogen (secondary N) is 1. The second-order valence-corrected chi connectivity index (χ2v) is 5.99. The van der Waals surface area contributed by atoms with Gasteiger partial charge in [-0.2, -0.15) is 0 Å². The van der Waals surface area contributed by atoms with E-state index in [4.69, 9.17) is 23.2 Å². The third-order valence-corrected chi connectivity index (χ3v) is 4.66. The topological polar surface area (TPSA) is 15.3 Å². The highest BCUT2D eigenvalue weighted by molar-refractivity contribution is 6.42. The third kappa shape index (κ3) is 3.64. The minimum atomic E-state index is -0.251. The van der Waals surface area contributed by atoms with E-state index >= 15 is 0 Å². The first-order chi connectivity index (χ1) is 9.65. The fourth-order valence-corrected chi connectivity index (χ4v) is 3.19. The molecule has 0 bridgehead atoms. The van der Waals surface area contributed by atoms with E-state index in [1.54, 1.807) is 0 Å². The summed E-state index contributed by atoms with van der Waals surface area (Å²) in [5.74, 6) is -0.251. The standard InChI is InChI=1S/C15H21Cl2FN2/c1-2-3-4-13(20-9-7-19-8-10-20)14-12(18)6-5-11(16)15(14)17/h5-6,13,19H,2-4,7-10H2,1H3/t13-/m1/s1. The summed E-state index contributed by atoms with van der Waals surface area (Å²) in [5, 5.41) is 4.12. The Morgan fingerprint density at radius 1 is 1.30 bits per heavy atom. The number of nitrogens with zero attached hydrogens (tertiary/aromatic N) is 1. The maximum absolute atomic E-state index is 14.3. The molecule has 2 nitrogen and oxygen atoms in total. The molecule has 1 saturated heterocycles. The molecule has 0 aliphatic carbocycles. The largest absolute Gasteiger partial charge is 0.314 e. The molecular weight excluding hydrogens is 298 g/mol. The predicted octanol–water partition coefficient (Wildman–Crippen LogP) is 4.27. The van der Waals surface area contributed by atoms with Crippen LogP contribution in [0.25, 0.3) is 0 Å². The predicted molar refractivity (Wildman–Crippen MR) is 83.1 cm³/mol. The number of halogens is 3. The lowest BCUT2D eigenvalue weighted by molar-refractivity contribution is 0.160.